The Morgan fingerprint density at radius 1 is 1.05 bits per heavy atom. The van der Waals surface area contributed by atoms with Crippen LogP contribution in [0.3, 0.4) is 0 Å². The molecule has 3 N–H and O–H groups in total. The second-order valence-corrected chi connectivity index (χ2v) is 5.55. The summed E-state index contributed by atoms with van der Waals surface area (Å²) in [5, 5.41) is 0.650. The van der Waals surface area contributed by atoms with Crippen molar-refractivity contribution in [3.05, 3.63) is 69.2 Å². The van der Waals surface area contributed by atoms with Crippen LogP contribution in [0.15, 0.2) is 36.4 Å². The van der Waals surface area contributed by atoms with E-state index in [9.17, 15) is 8.78 Å². The van der Waals surface area contributed by atoms with E-state index < -0.39 is 11.6 Å². The van der Waals surface area contributed by atoms with Gasteiger partial charge in [0.1, 0.15) is 11.6 Å². The molecule has 0 saturated heterocycles. The molecule has 0 fully saturated rings. The molecule has 0 saturated carbocycles. The van der Waals surface area contributed by atoms with Crippen LogP contribution in [-0.4, -0.2) is 6.04 Å². The van der Waals surface area contributed by atoms with Gasteiger partial charge in [0.05, 0.1) is 0 Å². The van der Waals surface area contributed by atoms with E-state index in [0.717, 1.165) is 0 Å². The Balaban J connectivity index is 2.17. The van der Waals surface area contributed by atoms with Gasteiger partial charge in [0.2, 0.25) is 0 Å². The summed E-state index contributed by atoms with van der Waals surface area (Å²) in [6.45, 7) is 0. The Labute approximate surface area is 131 Å². The topological polar surface area (TPSA) is 38.0 Å². The predicted octanol–water partition coefficient (Wildman–Crippen LogP) is 3.89. The molecule has 0 heterocycles. The number of hydrazine groups is 1. The monoisotopic (exact) mass is 330 g/mol. The van der Waals surface area contributed by atoms with Gasteiger partial charge in [-0.3, -0.25) is 11.3 Å². The summed E-state index contributed by atoms with van der Waals surface area (Å²) < 4.78 is 27.6. The zero-order valence-corrected chi connectivity index (χ0v) is 12.6. The molecule has 21 heavy (non-hydrogen) atoms. The van der Waals surface area contributed by atoms with Gasteiger partial charge >= 0.3 is 0 Å². The zero-order valence-electron chi connectivity index (χ0n) is 11.0. The molecule has 0 bridgehead atoms. The Morgan fingerprint density at radius 2 is 1.81 bits per heavy atom. The van der Waals surface area contributed by atoms with Crippen LogP contribution in [0.25, 0.3) is 0 Å². The molecule has 1 unspecified atom stereocenters. The molecule has 0 aliphatic carbocycles. The molecule has 0 spiro atoms. The number of benzene rings is 2. The van der Waals surface area contributed by atoms with Crippen LogP contribution in [-0.2, 0) is 12.8 Å². The molecule has 2 aromatic rings. The summed E-state index contributed by atoms with van der Waals surface area (Å²) >= 11 is 11.7. The average molecular weight is 331 g/mol. The highest BCUT2D eigenvalue weighted by Gasteiger charge is 2.16. The standard InChI is InChI=1S/C15H14Cl2F2N2/c16-10-5-4-9(15(19)7-10)6-11(21-20)8-12-13(17)2-1-3-14(12)18/h1-5,7,11,21H,6,8,20H2. The number of halogens is 4. The van der Waals surface area contributed by atoms with E-state index in [-0.39, 0.29) is 12.5 Å². The van der Waals surface area contributed by atoms with Crippen molar-refractivity contribution >= 4 is 23.2 Å². The lowest BCUT2D eigenvalue weighted by molar-refractivity contribution is 0.494. The number of hydrogen-bond acceptors (Lipinski definition) is 2. The van der Waals surface area contributed by atoms with Gasteiger partial charge in [0.25, 0.3) is 0 Å². The van der Waals surface area contributed by atoms with Gasteiger partial charge in [-0.05, 0) is 42.7 Å². The summed E-state index contributed by atoms with van der Waals surface area (Å²) in [6, 6.07) is 8.55. The minimum atomic E-state index is -0.414. The lowest BCUT2D eigenvalue weighted by Crippen LogP contribution is -2.39. The van der Waals surface area contributed by atoms with Crippen molar-refractivity contribution < 1.29 is 8.78 Å². The van der Waals surface area contributed by atoms with Crippen molar-refractivity contribution in [3.8, 4) is 0 Å². The van der Waals surface area contributed by atoms with Gasteiger partial charge in [0, 0.05) is 21.7 Å². The number of nitrogens with one attached hydrogen (secondary N) is 1. The molecule has 2 aromatic carbocycles. The largest absolute Gasteiger partial charge is 0.271 e. The van der Waals surface area contributed by atoms with Crippen LogP contribution in [0.2, 0.25) is 10.0 Å². The second kappa shape index (κ2) is 7.18. The molecule has 0 aliphatic heterocycles. The van der Waals surface area contributed by atoms with E-state index in [4.69, 9.17) is 29.0 Å². The lowest BCUT2D eigenvalue weighted by atomic mass is 9.99. The highest BCUT2D eigenvalue weighted by molar-refractivity contribution is 6.31. The minimum absolute atomic E-state index is 0.254. The first-order valence-corrected chi connectivity index (χ1v) is 7.09. The lowest BCUT2D eigenvalue weighted by Gasteiger charge is -2.17. The van der Waals surface area contributed by atoms with E-state index in [1.807, 2.05) is 0 Å². The molecule has 6 heteroatoms. The van der Waals surface area contributed by atoms with Gasteiger partial charge in [-0.1, -0.05) is 35.3 Å². The van der Waals surface area contributed by atoms with Gasteiger partial charge in [-0.2, -0.15) is 0 Å². The van der Waals surface area contributed by atoms with Crippen LogP contribution in [0.1, 0.15) is 11.1 Å². The smallest absolute Gasteiger partial charge is 0.127 e. The van der Waals surface area contributed by atoms with E-state index in [0.29, 0.717) is 27.6 Å². The second-order valence-electron chi connectivity index (χ2n) is 4.71. The fraction of sp³-hybridized carbons (Fsp3) is 0.200. The molecule has 2 nitrogen and oxygen atoms in total. The maximum Gasteiger partial charge on any atom is 0.127 e. The van der Waals surface area contributed by atoms with Crippen LogP contribution in [0.5, 0.6) is 0 Å². The van der Waals surface area contributed by atoms with Gasteiger partial charge in [-0.25, -0.2) is 8.78 Å². The molecule has 0 amide bonds. The fourth-order valence-electron chi connectivity index (χ4n) is 2.12. The average Bonchev–Trinajstić information content (AvgIpc) is 2.44. The van der Waals surface area contributed by atoms with Crippen molar-refractivity contribution in [2.45, 2.75) is 18.9 Å². The van der Waals surface area contributed by atoms with Gasteiger partial charge < -0.3 is 0 Å². The van der Waals surface area contributed by atoms with Crippen molar-refractivity contribution in [2.24, 2.45) is 5.84 Å². The van der Waals surface area contributed by atoms with Crippen molar-refractivity contribution in [1.82, 2.24) is 5.43 Å². The van der Waals surface area contributed by atoms with Gasteiger partial charge in [-0.15, -0.1) is 0 Å². The molecule has 112 valence electrons. The summed E-state index contributed by atoms with van der Waals surface area (Å²) in [5.74, 6) is 4.67. The first kappa shape index (κ1) is 16.2. The minimum Gasteiger partial charge on any atom is -0.271 e. The summed E-state index contributed by atoms with van der Waals surface area (Å²) in [7, 11) is 0. The van der Waals surface area contributed by atoms with Gasteiger partial charge in [0.15, 0.2) is 0 Å². The number of hydrogen-bond donors (Lipinski definition) is 2. The van der Waals surface area contributed by atoms with E-state index in [1.165, 1.54) is 18.2 Å². The Hall–Kier alpha value is -1.20. The van der Waals surface area contributed by atoms with Crippen LogP contribution in [0.4, 0.5) is 8.78 Å². The Morgan fingerprint density at radius 3 is 2.43 bits per heavy atom. The first-order valence-electron chi connectivity index (χ1n) is 6.34. The van der Waals surface area contributed by atoms with E-state index in [2.05, 4.69) is 5.43 Å². The van der Waals surface area contributed by atoms with E-state index in [1.54, 1.807) is 18.2 Å². The molecule has 0 aromatic heterocycles. The third kappa shape index (κ3) is 4.14. The SMILES string of the molecule is NNC(Cc1ccc(Cl)cc1F)Cc1c(F)cccc1Cl. The zero-order chi connectivity index (χ0) is 15.4. The van der Waals surface area contributed by atoms with Crippen LogP contribution in [0, 0.1) is 11.6 Å². The number of rotatable bonds is 5. The normalized spacial score (nSPS) is 12.4. The summed E-state index contributed by atoms with van der Waals surface area (Å²) in [5.41, 5.74) is 3.38. The molecule has 0 aliphatic rings. The molecular weight excluding hydrogens is 317 g/mol. The van der Waals surface area contributed by atoms with Crippen LogP contribution >= 0.6 is 23.2 Å². The highest BCUT2D eigenvalue weighted by Crippen LogP contribution is 2.22. The fourth-order valence-corrected chi connectivity index (χ4v) is 2.52. The van der Waals surface area contributed by atoms with Crippen molar-refractivity contribution in [2.75, 3.05) is 0 Å². The maximum atomic E-state index is 13.8. The predicted molar refractivity (Wildman–Crippen MR) is 81.3 cm³/mol. The first-order chi connectivity index (χ1) is 10.0. The molecular formula is C15H14Cl2F2N2. The third-order valence-electron chi connectivity index (χ3n) is 3.23. The molecule has 0 radical (unpaired) electrons. The van der Waals surface area contributed by atoms with E-state index >= 15 is 0 Å². The quantitative estimate of drug-likeness (QED) is 0.644. The summed E-state index contributed by atoms with van der Waals surface area (Å²) in [6.07, 6.45) is 0.550. The summed E-state index contributed by atoms with van der Waals surface area (Å²) in [4.78, 5) is 0. The Bertz CT molecular complexity index is 615. The van der Waals surface area contributed by atoms with Crippen molar-refractivity contribution in [3.63, 3.8) is 0 Å². The molecule has 2 rings (SSSR count). The number of nitrogens with two attached hydrogens (primary N) is 1. The molecule has 1 atom stereocenters. The third-order valence-corrected chi connectivity index (χ3v) is 3.82. The highest BCUT2D eigenvalue weighted by atomic mass is 35.5. The Kier molecular flexibility index (Phi) is 5.53. The maximum absolute atomic E-state index is 13.8. The van der Waals surface area contributed by atoms with Crippen molar-refractivity contribution in [1.29, 1.82) is 0 Å². The van der Waals surface area contributed by atoms with Crippen LogP contribution < -0.4 is 11.3 Å².